The molecule has 0 aromatic carbocycles. The molecule has 0 spiro atoms. The van der Waals surface area contributed by atoms with Crippen LogP contribution < -0.4 is 5.73 Å². The highest BCUT2D eigenvalue weighted by molar-refractivity contribution is 5.76. The topological polar surface area (TPSA) is 52.3 Å². The third-order valence-electron chi connectivity index (χ3n) is 1.98. The molecule has 0 radical (unpaired) electrons. The second kappa shape index (κ2) is 3.17. The summed E-state index contributed by atoms with van der Waals surface area (Å²) < 4.78 is 39.4. The Labute approximate surface area is 73.0 Å². The highest BCUT2D eigenvalue weighted by atomic mass is 19.4. The third-order valence-corrected chi connectivity index (χ3v) is 1.98. The van der Waals surface area contributed by atoms with E-state index in [0.29, 0.717) is 25.7 Å². The highest BCUT2D eigenvalue weighted by Crippen LogP contribution is 2.30. The Hall–Kier alpha value is -0.780. The molecular formula is C7H10F3NO2. The van der Waals surface area contributed by atoms with Gasteiger partial charge in [-0.3, -0.25) is 5.73 Å². The average molecular weight is 197 g/mol. The van der Waals surface area contributed by atoms with Gasteiger partial charge in [0.1, 0.15) is 0 Å². The zero-order chi connectivity index (χ0) is 10.1. The number of alkyl halides is 3. The molecule has 0 aromatic heterocycles. The van der Waals surface area contributed by atoms with Crippen molar-refractivity contribution >= 4 is 5.97 Å². The molecule has 3 nitrogen and oxygen atoms in total. The van der Waals surface area contributed by atoms with Crippen LogP contribution in [-0.4, -0.2) is 17.9 Å². The van der Waals surface area contributed by atoms with Crippen LogP contribution in [0.2, 0.25) is 0 Å². The third kappa shape index (κ3) is 2.58. The van der Waals surface area contributed by atoms with Crippen LogP contribution in [0.25, 0.3) is 0 Å². The molecule has 76 valence electrons. The maximum absolute atomic E-state index is 11.7. The molecule has 1 aliphatic rings. The molecule has 0 atom stereocenters. The molecule has 0 unspecified atom stereocenters. The van der Waals surface area contributed by atoms with Crippen LogP contribution in [0.3, 0.4) is 0 Å². The number of ether oxygens (including phenoxy) is 1. The van der Waals surface area contributed by atoms with Gasteiger partial charge in [-0.25, -0.2) is 4.79 Å². The molecule has 1 rings (SSSR count). The maximum Gasteiger partial charge on any atom is 0.490 e. The van der Waals surface area contributed by atoms with Crippen LogP contribution in [0.4, 0.5) is 13.2 Å². The molecule has 1 saturated carbocycles. The van der Waals surface area contributed by atoms with Gasteiger partial charge in [-0.05, 0) is 12.8 Å². The van der Waals surface area contributed by atoms with Crippen molar-refractivity contribution < 1.29 is 22.7 Å². The van der Waals surface area contributed by atoms with Gasteiger partial charge in [-0.2, -0.15) is 13.2 Å². The van der Waals surface area contributed by atoms with Gasteiger partial charge in [0.15, 0.2) is 5.72 Å². The molecule has 0 bridgehead atoms. The molecule has 2 N–H and O–H groups in total. The fourth-order valence-electron chi connectivity index (χ4n) is 1.32. The number of halogens is 3. The van der Waals surface area contributed by atoms with Crippen LogP contribution in [-0.2, 0) is 9.53 Å². The number of carbonyl (C=O) groups is 1. The van der Waals surface area contributed by atoms with Gasteiger partial charge < -0.3 is 4.74 Å². The second-order valence-corrected chi connectivity index (χ2v) is 3.16. The van der Waals surface area contributed by atoms with Gasteiger partial charge in [0.25, 0.3) is 0 Å². The van der Waals surface area contributed by atoms with E-state index in [-0.39, 0.29) is 0 Å². The number of rotatable bonds is 1. The molecule has 0 heterocycles. The van der Waals surface area contributed by atoms with E-state index in [9.17, 15) is 18.0 Å². The molecule has 6 heteroatoms. The van der Waals surface area contributed by atoms with Crippen molar-refractivity contribution in [1.29, 1.82) is 0 Å². The van der Waals surface area contributed by atoms with Crippen LogP contribution in [0.5, 0.6) is 0 Å². The Morgan fingerprint density at radius 2 is 1.77 bits per heavy atom. The first-order chi connectivity index (χ1) is 5.83. The molecule has 0 saturated heterocycles. The van der Waals surface area contributed by atoms with E-state index in [1.807, 2.05) is 0 Å². The summed E-state index contributed by atoms with van der Waals surface area (Å²) in [6.45, 7) is 0. The minimum Gasteiger partial charge on any atom is -0.437 e. The fraction of sp³-hybridized carbons (Fsp3) is 0.857. The van der Waals surface area contributed by atoms with Crippen molar-refractivity contribution in [1.82, 2.24) is 0 Å². The predicted molar refractivity (Wildman–Crippen MR) is 37.5 cm³/mol. The number of nitrogens with two attached hydrogens (primary N) is 1. The quantitative estimate of drug-likeness (QED) is 0.509. The summed E-state index contributed by atoms with van der Waals surface area (Å²) >= 11 is 0. The predicted octanol–water partition coefficient (Wildman–Crippen LogP) is 1.32. The number of hydrogen-bond donors (Lipinski definition) is 1. The second-order valence-electron chi connectivity index (χ2n) is 3.16. The van der Waals surface area contributed by atoms with Crippen molar-refractivity contribution in [2.24, 2.45) is 5.73 Å². The number of esters is 1. The summed E-state index contributed by atoms with van der Waals surface area (Å²) in [4.78, 5) is 10.4. The summed E-state index contributed by atoms with van der Waals surface area (Å²) in [5.41, 5.74) is 4.02. The smallest absolute Gasteiger partial charge is 0.437 e. The summed E-state index contributed by atoms with van der Waals surface area (Å²) in [6.07, 6.45) is -2.96. The maximum atomic E-state index is 11.7. The zero-order valence-corrected chi connectivity index (χ0v) is 6.86. The minimum absolute atomic E-state index is 0.300. The first-order valence-electron chi connectivity index (χ1n) is 3.93. The summed E-state index contributed by atoms with van der Waals surface area (Å²) in [5, 5.41) is 0. The lowest BCUT2D eigenvalue weighted by Crippen LogP contribution is -2.45. The standard InChI is InChI=1S/C7H10F3NO2/c8-7(9,10)5(12)13-6(11)3-1-2-4-6/h1-4,11H2. The molecular weight excluding hydrogens is 187 g/mol. The largest absolute Gasteiger partial charge is 0.490 e. The van der Waals surface area contributed by atoms with E-state index >= 15 is 0 Å². The van der Waals surface area contributed by atoms with E-state index in [4.69, 9.17) is 5.73 Å². The van der Waals surface area contributed by atoms with Crippen molar-refractivity contribution in [3.63, 3.8) is 0 Å². The van der Waals surface area contributed by atoms with Gasteiger partial charge in [0, 0.05) is 12.8 Å². The average Bonchev–Trinajstić information content (AvgIpc) is 2.33. The van der Waals surface area contributed by atoms with Crippen LogP contribution in [0.15, 0.2) is 0 Å². The van der Waals surface area contributed by atoms with Gasteiger partial charge in [0.2, 0.25) is 0 Å². The molecule has 1 fully saturated rings. The van der Waals surface area contributed by atoms with Crippen molar-refractivity contribution in [2.75, 3.05) is 0 Å². The SMILES string of the molecule is NC1(OC(=O)C(F)(F)F)CCCC1. The van der Waals surface area contributed by atoms with E-state index in [0.717, 1.165) is 0 Å². The molecule has 0 aliphatic heterocycles. The Balaban J connectivity index is 2.53. The monoisotopic (exact) mass is 197 g/mol. The van der Waals surface area contributed by atoms with Gasteiger partial charge in [0.05, 0.1) is 0 Å². The zero-order valence-electron chi connectivity index (χ0n) is 6.86. The Morgan fingerprint density at radius 1 is 1.31 bits per heavy atom. The first kappa shape index (κ1) is 10.3. The van der Waals surface area contributed by atoms with Crippen molar-refractivity contribution in [3.8, 4) is 0 Å². The molecule has 0 amide bonds. The number of carbonyl (C=O) groups excluding carboxylic acids is 1. The van der Waals surface area contributed by atoms with Gasteiger partial charge in [-0.1, -0.05) is 0 Å². The Kier molecular flexibility index (Phi) is 2.51. The lowest BCUT2D eigenvalue weighted by Gasteiger charge is -2.24. The van der Waals surface area contributed by atoms with E-state index in [2.05, 4.69) is 4.74 Å². The molecule has 0 aromatic rings. The molecule has 1 aliphatic carbocycles. The summed E-state index contributed by atoms with van der Waals surface area (Å²) in [7, 11) is 0. The lowest BCUT2D eigenvalue weighted by molar-refractivity contribution is -0.213. The van der Waals surface area contributed by atoms with Crippen LogP contribution in [0.1, 0.15) is 25.7 Å². The Bertz CT molecular complexity index is 208. The fourth-order valence-corrected chi connectivity index (χ4v) is 1.32. The van der Waals surface area contributed by atoms with Crippen molar-refractivity contribution in [2.45, 2.75) is 37.6 Å². The highest BCUT2D eigenvalue weighted by Gasteiger charge is 2.46. The normalized spacial score (nSPS) is 21.5. The van der Waals surface area contributed by atoms with E-state index in [1.54, 1.807) is 0 Å². The summed E-state index contributed by atoms with van der Waals surface area (Å²) in [5.74, 6) is -2.20. The van der Waals surface area contributed by atoms with Crippen molar-refractivity contribution in [3.05, 3.63) is 0 Å². The number of hydrogen-bond acceptors (Lipinski definition) is 3. The van der Waals surface area contributed by atoms with E-state index < -0.39 is 17.9 Å². The van der Waals surface area contributed by atoms with Gasteiger partial charge in [-0.15, -0.1) is 0 Å². The van der Waals surface area contributed by atoms with E-state index in [1.165, 1.54) is 0 Å². The Morgan fingerprint density at radius 3 is 2.15 bits per heavy atom. The van der Waals surface area contributed by atoms with Gasteiger partial charge >= 0.3 is 12.1 Å². The first-order valence-corrected chi connectivity index (χ1v) is 3.93. The van der Waals surface area contributed by atoms with Crippen LogP contribution in [0, 0.1) is 0 Å². The van der Waals surface area contributed by atoms with Crippen LogP contribution >= 0.6 is 0 Å². The lowest BCUT2D eigenvalue weighted by atomic mass is 10.2. The minimum atomic E-state index is -4.95. The summed E-state index contributed by atoms with van der Waals surface area (Å²) in [6, 6.07) is 0. The molecule has 13 heavy (non-hydrogen) atoms.